The predicted molar refractivity (Wildman–Crippen MR) is 59.7 cm³/mol. The molecule has 2 N–H and O–H groups in total. The molecule has 0 aliphatic rings. The van der Waals surface area contributed by atoms with E-state index >= 15 is 0 Å². The second-order valence-corrected chi connectivity index (χ2v) is 3.78. The van der Waals surface area contributed by atoms with Crippen LogP contribution in [0.3, 0.4) is 0 Å². The quantitative estimate of drug-likeness (QED) is 0.738. The van der Waals surface area contributed by atoms with Crippen molar-refractivity contribution in [1.82, 2.24) is 0 Å². The molecule has 0 radical (unpaired) electrons. The van der Waals surface area contributed by atoms with Crippen LogP contribution in [-0.4, -0.2) is 16.6 Å². The Labute approximate surface area is 89.1 Å². The predicted octanol–water partition coefficient (Wildman–Crippen LogP) is 1.94. The number of carbonyl (C=O) groups is 1. The van der Waals surface area contributed by atoms with Gasteiger partial charge >= 0.3 is 5.97 Å². The van der Waals surface area contributed by atoms with Crippen molar-refractivity contribution in [3.63, 3.8) is 0 Å². The molecule has 0 fully saturated rings. The van der Waals surface area contributed by atoms with Gasteiger partial charge in [-0.1, -0.05) is 12.0 Å². The van der Waals surface area contributed by atoms with Crippen LogP contribution < -0.4 is 5.32 Å². The number of benzene rings is 1. The first-order valence-corrected chi connectivity index (χ1v) is 4.54. The van der Waals surface area contributed by atoms with E-state index in [1.165, 1.54) is 0 Å². The number of nitrogens with one attached hydrogen (secondary N) is 1. The molecule has 3 heteroatoms. The lowest BCUT2D eigenvalue weighted by molar-refractivity contribution is -0.141. The van der Waals surface area contributed by atoms with Gasteiger partial charge in [0.1, 0.15) is 5.54 Å². The molecule has 0 bridgehead atoms. The monoisotopic (exact) mass is 203 g/mol. The highest BCUT2D eigenvalue weighted by atomic mass is 16.4. The van der Waals surface area contributed by atoms with Gasteiger partial charge in [0.05, 0.1) is 0 Å². The lowest BCUT2D eigenvalue weighted by atomic mass is 10.1. The summed E-state index contributed by atoms with van der Waals surface area (Å²) in [5.74, 6) is 1.59. The molecule has 0 aliphatic carbocycles. The molecule has 1 aromatic carbocycles. The Hall–Kier alpha value is -1.95. The third-order valence-electron chi connectivity index (χ3n) is 2.02. The highest BCUT2D eigenvalue weighted by Crippen LogP contribution is 2.16. The topological polar surface area (TPSA) is 49.3 Å². The molecule has 0 saturated carbocycles. The van der Waals surface area contributed by atoms with Crippen molar-refractivity contribution in [2.24, 2.45) is 0 Å². The standard InChI is InChI=1S/C12H13NO2/c1-4-9-6-5-7-10(8-9)13-12(2,3)11(14)15/h1,5-8,13H,2-3H3,(H,14,15). The lowest BCUT2D eigenvalue weighted by Gasteiger charge is -2.22. The normalized spacial score (nSPS) is 10.5. The Bertz CT molecular complexity index is 416. The third-order valence-corrected chi connectivity index (χ3v) is 2.02. The van der Waals surface area contributed by atoms with Crippen LogP contribution in [0.1, 0.15) is 19.4 Å². The third kappa shape index (κ3) is 2.75. The molecular formula is C12H13NO2. The maximum Gasteiger partial charge on any atom is 0.328 e. The number of carboxylic acid groups (broad SMARTS) is 1. The summed E-state index contributed by atoms with van der Waals surface area (Å²) >= 11 is 0. The molecule has 0 aromatic heterocycles. The molecule has 1 rings (SSSR count). The van der Waals surface area contributed by atoms with E-state index in [1.54, 1.807) is 38.1 Å². The SMILES string of the molecule is C#Cc1cccc(NC(C)(C)C(=O)O)c1. The van der Waals surface area contributed by atoms with E-state index in [-0.39, 0.29) is 0 Å². The summed E-state index contributed by atoms with van der Waals surface area (Å²) < 4.78 is 0. The van der Waals surface area contributed by atoms with E-state index in [4.69, 9.17) is 11.5 Å². The molecule has 0 amide bonds. The molecule has 0 atom stereocenters. The molecular weight excluding hydrogens is 190 g/mol. The zero-order valence-corrected chi connectivity index (χ0v) is 8.74. The Kier molecular flexibility index (Phi) is 3.01. The molecule has 0 saturated heterocycles. The van der Waals surface area contributed by atoms with E-state index in [2.05, 4.69) is 11.2 Å². The van der Waals surface area contributed by atoms with Gasteiger partial charge in [-0.05, 0) is 32.0 Å². The average Bonchev–Trinajstić information content (AvgIpc) is 2.17. The summed E-state index contributed by atoms with van der Waals surface area (Å²) in [6, 6.07) is 7.10. The Morgan fingerprint density at radius 3 is 2.73 bits per heavy atom. The van der Waals surface area contributed by atoms with E-state index in [0.717, 1.165) is 5.56 Å². The fourth-order valence-corrected chi connectivity index (χ4v) is 1.10. The summed E-state index contributed by atoms with van der Waals surface area (Å²) in [7, 11) is 0. The number of terminal acetylenes is 1. The van der Waals surface area contributed by atoms with Crippen molar-refractivity contribution in [3.8, 4) is 12.3 Å². The zero-order valence-electron chi connectivity index (χ0n) is 8.74. The summed E-state index contributed by atoms with van der Waals surface area (Å²) in [4.78, 5) is 10.9. The second kappa shape index (κ2) is 4.05. The first-order valence-electron chi connectivity index (χ1n) is 4.54. The Morgan fingerprint density at radius 1 is 1.53 bits per heavy atom. The summed E-state index contributed by atoms with van der Waals surface area (Å²) in [6.07, 6.45) is 5.25. The number of hydrogen-bond donors (Lipinski definition) is 2. The van der Waals surface area contributed by atoms with Crippen molar-refractivity contribution < 1.29 is 9.90 Å². The highest BCUT2D eigenvalue weighted by molar-refractivity contribution is 5.81. The van der Waals surface area contributed by atoms with Crippen LogP contribution in [0.5, 0.6) is 0 Å². The molecule has 3 nitrogen and oxygen atoms in total. The minimum absolute atomic E-state index is 0.706. The van der Waals surface area contributed by atoms with Crippen molar-refractivity contribution in [2.45, 2.75) is 19.4 Å². The lowest BCUT2D eigenvalue weighted by Crippen LogP contribution is -2.39. The van der Waals surface area contributed by atoms with Crippen molar-refractivity contribution in [1.29, 1.82) is 0 Å². The number of hydrogen-bond acceptors (Lipinski definition) is 2. The number of aliphatic carboxylic acids is 1. The smallest absolute Gasteiger partial charge is 0.328 e. The molecule has 1 aromatic rings. The van der Waals surface area contributed by atoms with Gasteiger partial charge in [-0.25, -0.2) is 4.79 Å². The van der Waals surface area contributed by atoms with Gasteiger partial charge in [0, 0.05) is 11.3 Å². The van der Waals surface area contributed by atoms with E-state index in [0.29, 0.717) is 5.69 Å². The van der Waals surface area contributed by atoms with Crippen LogP contribution in [0.4, 0.5) is 5.69 Å². The summed E-state index contributed by atoms with van der Waals surface area (Å²) in [5, 5.41) is 11.8. The molecule has 0 aliphatic heterocycles. The fraction of sp³-hybridized carbons (Fsp3) is 0.250. The van der Waals surface area contributed by atoms with Crippen LogP contribution >= 0.6 is 0 Å². The molecule has 78 valence electrons. The highest BCUT2D eigenvalue weighted by Gasteiger charge is 2.26. The first-order chi connectivity index (χ1) is 6.95. The first kappa shape index (κ1) is 11.1. The number of carboxylic acids is 1. The van der Waals surface area contributed by atoms with E-state index in [1.807, 2.05) is 0 Å². The Balaban J connectivity index is 2.91. The van der Waals surface area contributed by atoms with Gasteiger partial charge in [0.25, 0.3) is 0 Å². The van der Waals surface area contributed by atoms with E-state index in [9.17, 15) is 4.79 Å². The minimum Gasteiger partial charge on any atom is -0.480 e. The van der Waals surface area contributed by atoms with Crippen LogP contribution in [0, 0.1) is 12.3 Å². The van der Waals surface area contributed by atoms with E-state index < -0.39 is 11.5 Å². The largest absolute Gasteiger partial charge is 0.480 e. The zero-order chi connectivity index (χ0) is 11.5. The molecule has 15 heavy (non-hydrogen) atoms. The summed E-state index contributed by atoms with van der Waals surface area (Å²) in [5.41, 5.74) is 0.423. The summed E-state index contributed by atoms with van der Waals surface area (Å²) in [6.45, 7) is 3.19. The van der Waals surface area contributed by atoms with Gasteiger partial charge in [0.2, 0.25) is 0 Å². The second-order valence-electron chi connectivity index (χ2n) is 3.78. The van der Waals surface area contributed by atoms with Gasteiger partial charge in [0.15, 0.2) is 0 Å². The fourth-order valence-electron chi connectivity index (χ4n) is 1.10. The molecule has 0 spiro atoms. The maximum atomic E-state index is 10.9. The van der Waals surface area contributed by atoms with Gasteiger partial charge in [-0.2, -0.15) is 0 Å². The number of anilines is 1. The molecule has 0 heterocycles. The van der Waals surface area contributed by atoms with Crippen LogP contribution in [-0.2, 0) is 4.79 Å². The average molecular weight is 203 g/mol. The Morgan fingerprint density at radius 2 is 2.20 bits per heavy atom. The van der Waals surface area contributed by atoms with Gasteiger partial charge < -0.3 is 10.4 Å². The van der Waals surface area contributed by atoms with Crippen LogP contribution in [0.2, 0.25) is 0 Å². The van der Waals surface area contributed by atoms with Crippen LogP contribution in [0.15, 0.2) is 24.3 Å². The van der Waals surface area contributed by atoms with Crippen molar-refractivity contribution in [3.05, 3.63) is 29.8 Å². The van der Waals surface area contributed by atoms with Gasteiger partial charge in [-0.3, -0.25) is 0 Å². The van der Waals surface area contributed by atoms with Gasteiger partial charge in [-0.15, -0.1) is 6.42 Å². The number of rotatable bonds is 3. The van der Waals surface area contributed by atoms with Crippen LogP contribution in [0.25, 0.3) is 0 Å². The molecule has 0 unspecified atom stereocenters. The van der Waals surface area contributed by atoms with Crippen molar-refractivity contribution in [2.75, 3.05) is 5.32 Å². The van der Waals surface area contributed by atoms with Crippen molar-refractivity contribution >= 4 is 11.7 Å². The minimum atomic E-state index is -1.01. The maximum absolute atomic E-state index is 10.9.